The van der Waals surface area contributed by atoms with Crippen molar-refractivity contribution in [1.82, 2.24) is 5.32 Å². The summed E-state index contributed by atoms with van der Waals surface area (Å²) in [6, 6.07) is 0.234. The Hall–Kier alpha value is -1.06. The summed E-state index contributed by atoms with van der Waals surface area (Å²) in [5.41, 5.74) is -0.794. The van der Waals surface area contributed by atoms with Crippen molar-refractivity contribution in [3.8, 4) is 0 Å². The molecular weight excluding hydrogens is 254 g/mol. The summed E-state index contributed by atoms with van der Waals surface area (Å²) in [4.78, 5) is 23.8. The van der Waals surface area contributed by atoms with Crippen molar-refractivity contribution < 1.29 is 14.7 Å². The highest BCUT2D eigenvalue weighted by Gasteiger charge is 2.43. The Bertz CT molecular complexity index is 361. The average molecular weight is 281 g/mol. The van der Waals surface area contributed by atoms with Crippen molar-refractivity contribution in [2.75, 3.05) is 0 Å². The lowest BCUT2D eigenvalue weighted by Gasteiger charge is -2.27. The van der Waals surface area contributed by atoms with Gasteiger partial charge in [-0.15, -0.1) is 0 Å². The Morgan fingerprint density at radius 2 is 1.75 bits per heavy atom. The first-order chi connectivity index (χ1) is 9.53. The third kappa shape index (κ3) is 3.53. The Morgan fingerprint density at radius 1 is 1.10 bits per heavy atom. The highest BCUT2D eigenvalue weighted by atomic mass is 16.4. The molecule has 2 N–H and O–H groups in total. The normalized spacial score (nSPS) is 29.6. The van der Waals surface area contributed by atoms with Gasteiger partial charge in [0.1, 0.15) is 0 Å². The third-order valence-electron chi connectivity index (χ3n) is 5.22. The van der Waals surface area contributed by atoms with Crippen LogP contribution in [0.4, 0.5) is 0 Å². The zero-order valence-electron chi connectivity index (χ0n) is 12.5. The second-order valence-corrected chi connectivity index (χ2v) is 6.76. The Kier molecular flexibility index (Phi) is 5.06. The second kappa shape index (κ2) is 6.59. The summed E-state index contributed by atoms with van der Waals surface area (Å²) >= 11 is 0. The van der Waals surface area contributed by atoms with Gasteiger partial charge in [-0.2, -0.15) is 0 Å². The van der Waals surface area contributed by atoms with Crippen molar-refractivity contribution in [2.24, 2.45) is 11.3 Å². The standard InChI is InChI=1S/C16H27NO3/c1-12-7-3-2-4-8-13(12)17-14(18)11-16(15(19)20)9-5-6-10-16/h12-13H,2-11H2,1H3,(H,17,18)(H,19,20). The van der Waals surface area contributed by atoms with E-state index in [-0.39, 0.29) is 18.4 Å². The number of amides is 1. The molecule has 114 valence electrons. The van der Waals surface area contributed by atoms with Crippen LogP contribution < -0.4 is 5.32 Å². The number of carbonyl (C=O) groups excluding carboxylic acids is 1. The molecule has 0 saturated heterocycles. The van der Waals surface area contributed by atoms with E-state index in [9.17, 15) is 14.7 Å². The predicted octanol–water partition coefficient (Wildman–Crippen LogP) is 3.11. The van der Waals surface area contributed by atoms with Crippen LogP contribution in [0, 0.1) is 11.3 Å². The van der Waals surface area contributed by atoms with Crippen molar-refractivity contribution in [3.63, 3.8) is 0 Å². The van der Waals surface area contributed by atoms with Crippen LogP contribution >= 0.6 is 0 Å². The fourth-order valence-electron chi connectivity index (χ4n) is 3.79. The van der Waals surface area contributed by atoms with E-state index in [1.807, 2.05) is 0 Å². The molecule has 2 atom stereocenters. The van der Waals surface area contributed by atoms with E-state index in [0.29, 0.717) is 18.8 Å². The number of nitrogens with one attached hydrogen (secondary N) is 1. The molecule has 4 heteroatoms. The van der Waals surface area contributed by atoms with Gasteiger partial charge in [0.2, 0.25) is 5.91 Å². The largest absolute Gasteiger partial charge is 0.481 e. The fraction of sp³-hybridized carbons (Fsp3) is 0.875. The molecule has 0 aromatic carbocycles. The average Bonchev–Trinajstić information content (AvgIpc) is 2.77. The lowest BCUT2D eigenvalue weighted by Crippen LogP contribution is -2.42. The molecule has 0 aliphatic heterocycles. The topological polar surface area (TPSA) is 66.4 Å². The third-order valence-corrected chi connectivity index (χ3v) is 5.22. The lowest BCUT2D eigenvalue weighted by atomic mass is 9.82. The van der Waals surface area contributed by atoms with Crippen LogP contribution in [0.15, 0.2) is 0 Å². The van der Waals surface area contributed by atoms with Gasteiger partial charge in [-0.05, 0) is 31.6 Å². The van der Waals surface area contributed by atoms with Crippen LogP contribution in [0.2, 0.25) is 0 Å². The molecule has 2 saturated carbocycles. The van der Waals surface area contributed by atoms with Gasteiger partial charge in [0.15, 0.2) is 0 Å². The number of aliphatic carboxylic acids is 1. The molecule has 0 bridgehead atoms. The molecule has 2 aliphatic rings. The van der Waals surface area contributed by atoms with Crippen molar-refractivity contribution >= 4 is 11.9 Å². The Morgan fingerprint density at radius 3 is 2.40 bits per heavy atom. The van der Waals surface area contributed by atoms with Gasteiger partial charge in [-0.1, -0.05) is 39.0 Å². The smallest absolute Gasteiger partial charge is 0.310 e. The van der Waals surface area contributed by atoms with Crippen molar-refractivity contribution in [3.05, 3.63) is 0 Å². The monoisotopic (exact) mass is 281 g/mol. The molecular formula is C16H27NO3. The SMILES string of the molecule is CC1CCCCCC1NC(=O)CC1(C(=O)O)CCCC1. The predicted molar refractivity (Wildman–Crippen MR) is 77.3 cm³/mol. The van der Waals surface area contributed by atoms with Gasteiger partial charge >= 0.3 is 5.97 Å². The molecule has 20 heavy (non-hydrogen) atoms. The van der Waals surface area contributed by atoms with E-state index in [4.69, 9.17) is 0 Å². The maximum absolute atomic E-state index is 12.3. The molecule has 2 fully saturated rings. The van der Waals surface area contributed by atoms with Gasteiger partial charge in [0.05, 0.1) is 5.41 Å². The minimum absolute atomic E-state index is 0.0620. The summed E-state index contributed by atoms with van der Waals surface area (Å²) in [6.07, 6.45) is 9.17. The first-order valence-corrected chi connectivity index (χ1v) is 8.06. The molecule has 2 aliphatic carbocycles. The number of hydrogen-bond acceptors (Lipinski definition) is 2. The van der Waals surface area contributed by atoms with Crippen LogP contribution in [-0.4, -0.2) is 23.0 Å². The first-order valence-electron chi connectivity index (χ1n) is 8.06. The molecule has 0 spiro atoms. The zero-order valence-corrected chi connectivity index (χ0v) is 12.5. The summed E-state index contributed by atoms with van der Waals surface area (Å²) in [6.45, 7) is 2.19. The van der Waals surface area contributed by atoms with E-state index in [1.165, 1.54) is 19.3 Å². The molecule has 1 amide bonds. The number of hydrogen-bond donors (Lipinski definition) is 2. The van der Waals surface area contributed by atoms with Gasteiger partial charge in [-0.25, -0.2) is 0 Å². The molecule has 2 rings (SSSR count). The maximum Gasteiger partial charge on any atom is 0.310 e. The van der Waals surface area contributed by atoms with Gasteiger partial charge < -0.3 is 10.4 Å². The molecule has 0 heterocycles. The number of carboxylic acids is 1. The quantitative estimate of drug-likeness (QED) is 0.778. The van der Waals surface area contributed by atoms with E-state index >= 15 is 0 Å². The Balaban J connectivity index is 1.92. The molecule has 0 radical (unpaired) electrons. The van der Waals surface area contributed by atoms with Crippen LogP contribution in [0.1, 0.15) is 71.1 Å². The fourth-order valence-corrected chi connectivity index (χ4v) is 3.79. The minimum Gasteiger partial charge on any atom is -0.481 e. The number of carboxylic acid groups (broad SMARTS) is 1. The second-order valence-electron chi connectivity index (χ2n) is 6.76. The summed E-state index contributed by atoms with van der Waals surface area (Å²) < 4.78 is 0. The van der Waals surface area contributed by atoms with E-state index in [1.54, 1.807) is 0 Å². The van der Waals surface area contributed by atoms with Crippen LogP contribution in [0.3, 0.4) is 0 Å². The zero-order chi connectivity index (χ0) is 14.6. The van der Waals surface area contributed by atoms with E-state index in [0.717, 1.165) is 25.7 Å². The highest BCUT2D eigenvalue weighted by molar-refractivity contribution is 5.85. The summed E-state index contributed by atoms with van der Waals surface area (Å²) in [5.74, 6) is -0.349. The van der Waals surface area contributed by atoms with Gasteiger partial charge in [0.25, 0.3) is 0 Å². The van der Waals surface area contributed by atoms with Crippen molar-refractivity contribution in [2.45, 2.75) is 77.2 Å². The molecule has 0 aromatic rings. The summed E-state index contributed by atoms with van der Waals surface area (Å²) in [5, 5.41) is 12.5. The van der Waals surface area contributed by atoms with E-state index < -0.39 is 11.4 Å². The molecule has 2 unspecified atom stereocenters. The van der Waals surface area contributed by atoms with Gasteiger partial charge in [-0.3, -0.25) is 9.59 Å². The van der Waals surface area contributed by atoms with Crippen LogP contribution in [0.25, 0.3) is 0 Å². The maximum atomic E-state index is 12.3. The highest BCUT2D eigenvalue weighted by Crippen LogP contribution is 2.41. The number of carbonyl (C=O) groups is 2. The van der Waals surface area contributed by atoms with E-state index in [2.05, 4.69) is 12.2 Å². The molecule has 4 nitrogen and oxygen atoms in total. The first kappa shape index (κ1) is 15.3. The van der Waals surface area contributed by atoms with Crippen molar-refractivity contribution in [1.29, 1.82) is 0 Å². The van der Waals surface area contributed by atoms with Crippen LogP contribution in [0.5, 0.6) is 0 Å². The number of rotatable bonds is 4. The minimum atomic E-state index is -0.794. The van der Waals surface area contributed by atoms with Gasteiger partial charge in [0, 0.05) is 12.5 Å². The lowest BCUT2D eigenvalue weighted by molar-refractivity contribution is -0.151. The summed E-state index contributed by atoms with van der Waals surface area (Å²) in [7, 11) is 0. The Labute approximate surface area is 121 Å². The van der Waals surface area contributed by atoms with Crippen LogP contribution in [-0.2, 0) is 9.59 Å². The molecule has 0 aromatic heterocycles.